The maximum atomic E-state index is 11.7. The standard InChI is InChI=1S/C18H22N2O2.C18H21NO2/c1-12(2)14-6-8-15(9-7-14)20-16-10-17(21)22-18(16,11-19-5)13(3)4;1-11(2)13-5-7-14(8-6-13)19-16-10-18(21)17(20)9-15(16)12(3)4/h6-10,12-13,20H,11H2,1-4H3;5-12,19H,1-4H3. The van der Waals surface area contributed by atoms with Crippen molar-refractivity contribution in [3.05, 3.63) is 106 Å². The van der Waals surface area contributed by atoms with E-state index in [1.54, 1.807) is 0 Å². The first-order chi connectivity index (χ1) is 20.3. The molecule has 0 fully saturated rings. The van der Waals surface area contributed by atoms with E-state index in [1.165, 1.54) is 29.4 Å². The van der Waals surface area contributed by atoms with Gasteiger partial charge in [-0.1, -0.05) is 79.7 Å². The molecule has 0 bridgehead atoms. The molecule has 1 unspecified atom stereocenters. The Morgan fingerprint density at radius 3 is 1.63 bits per heavy atom. The SMILES string of the molecule is CC(C)C1=CC(=O)C(=O)C=C1Nc1ccc(C(C)C)cc1.[C-]#[N+]CC1(C(C)C)OC(=O)C=C1Nc1ccc(C(C)C)cc1. The molecule has 0 saturated heterocycles. The number of carbonyl (C=O) groups is 3. The molecule has 2 aliphatic rings. The van der Waals surface area contributed by atoms with E-state index in [0.29, 0.717) is 23.2 Å². The third-order valence-electron chi connectivity index (χ3n) is 7.70. The van der Waals surface area contributed by atoms with Crippen molar-refractivity contribution < 1.29 is 19.1 Å². The van der Waals surface area contributed by atoms with Crippen molar-refractivity contribution in [1.82, 2.24) is 0 Å². The van der Waals surface area contributed by atoms with Gasteiger partial charge in [-0.15, -0.1) is 0 Å². The fourth-order valence-electron chi connectivity index (χ4n) is 4.87. The van der Waals surface area contributed by atoms with Crippen LogP contribution >= 0.6 is 0 Å². The van der Waals surface area contributed by atoms with Gasteiger partial charge in [0.1, 0.15) is 0 Å². The average Bonchev–Trinajstić information content (AvgIpc) is 3.27. The van der Waals surface area contributed by atoms with Crippen molar-refractivity contribution in [1.29, 1.82) is 0 Å². The Morgan fingerprint density at radius 1 is 0.698 bits per heavy atom. The highest BCUT2D eigenvalue weighted by molar-refractivity contribution is 6.47. The van der Waals surface area contributed by atoms with Crippen LogP contribution in [-0.4, -0.2) is 29.7 Å². The van der Waals surface area contributed by atoms with E-state index in [9.17, 15) is 14.4 Å². The molecule has 2 N–H and O–H groups in total. The summed E-state index contributed by atoms with van der Waals surface area (Å²) < 4.78 is 5.49. The molecule has 2 aromatic rings. The lowest BCUT2D eigenvalue weighted by Crippen LogP contribution is -2.43. The van der Waals surface area contributed by atoms with Crippen molar-refractivity contribution in [2.45, 2.75) is 72.8 Å². The zero-order valence-electron chi connectivity index (χ0n) is 26.4. The number of hydrogen-bond acceptors (Lipinski definition) is 6. The largest absolute Gasteiger partial charge is 0.441 e. The molecular formula is C36H43N3O4. The van der Waals surface area contributed by atoms with Crippen LogP contribution in [0.3, 0.4) is 0 Å². The van der Waals surface area contributed by atoms with Gasteiger partial charge in [-0.05, 0) is 64.8 Å². The molecule has 0 amide bonds. The van der Waals surface area contributed by atoms with Crippen LogP contribution in [0, 0.1) is 18.4 Å². The van der Waals surface area contributed by atoms with Crippen LogP contribution in [0.4, 0.5) is 11.4 Å². The highest BCUT2D eigenvalue weighted by Crippen LogP contribution is 2.36. The van der Waals surface area contributed by atoms with E-state index in [-0.39, 0.29) is 18.4 Å². The van der Waals surface area contributed by atoms with E-state index >= 15 is 0 Å². The molecule has 7 heteroatoms. The number of carbonyl (C=O) groups excluding carboxylic acids is 3. The second-order valence-electron chi connectivity index (χ2n) is 12.2. The minimum Gasteiger partial charge on any atom is -0.441 e. The summed E-state index contributed by atoms with van der Waals surface area (Å²) in [4.78, 5) is 38.3. The highest BCUT2D eigenvalue weighted by Gasteiger charge is 2.49. The normalized spacial score (nSPS) is 18.1. The van der Waals surface area contributed by atoms with Crippen LogP contribution in [-0.2, 0) is 19.1 Å². The second kappa shape index (κ2) is 14.2. The Hall–Kier alpha value is -4.44. The van der Waals surface area contributed by atoms with Crippen molar-refractivity contribution in [3.63, 3.8) is 0 Å². The van der Waals surface area contributed by atoms with E-state index in [2.05, 4.69) is 67.4 Å². The zero-order chi connectivity index (χ0) is 31.9. The molecule has 1 aliphatic heterocycles. The lowest BCUT2D eigenvalue weighted by molar-refractivity contribution is -0.148. The van der Waals surface area contributed by atoms with Crippen LogP contribution in [0.25, 0.3) is 4.85 Å². The number of rotatable bonds is 9. The molecule has 0 radical (unpaired) electrons. The van der Waals surface area contributed by atoms with E-state index < -0.39 is 23.1 Å². The predicted octanol–water partition coefficient (Wildman–Crippen LogP) is 7.82. The van der Waals surface area contributed by atoms with Crippen LogP contribution in [0.15, 0.2) is 83.7 Å². The number of ketones is 2. The number of benzene rings is 2. The predicted molar refractivity (Wildman–Crippen MR) is 173 cm³/mol. The minimum absolute atomic E-state index is 0.0155. The summed E-state index contributed by atoms with van der Waals surface area (Å²) >= 11 is 0. The first-order valence-corrected chi connectivity index (χ1v) is 14.8. The summed E-state index contributed by atoms with van der Waals surface area (Å²) in [7, 11) is 0. The molecule has 226 valence electrons. The van der Waals surface area contributed by atoms with Crippen LogP contribution < -0.4 is 10.6 Å². The van der Waals surface area contributed by atoms with E-state index in [0.717, 1.165) is 16.9 Å². The summed E-state index contributed by atoms with van der Waals surface area (Å²) in [6, 6.07) is 16.2. The average molecular weight is 582 g/mol. The third kappa shape index (κ3) is 8.10. The smallest absolute Gasteiger partial charge is 0.333 e. The molecule has 1 heterocycles. The second-order valence-corrected chi connectivity index (χ2v) is 12.2. The van der Waals surface area contributed by atoms with Crippen molar-refractivity contribution in [2.75, 3.05) is 17.2 Å². The fourth-order valence-corrected chi connectivity index (χ4v) is 4.87. The summed E-state index contributed by atoms with van der Waals surface area (Å²) in [6.45, 7) is 23.8. The van der Waals surface area contributed by atoms with Crippen molar-refractivity contribution in [2.24, 2.45) is 11.8 Å². The van der Waals surface area contributed by atoms with Gasteiger partial charge in [0.25, 0.3) is 6.54 Å². The van der Waals surface area contributed by atoms with Crippen molar-refractivity contribution >= 4 is 28.9 Å². The van der Waals surface area contributed by atoms with Crippen LogP contribution in [0.2, 0.25) is 0 Å². The number of esters is 1. The molecule has 1 aliphatic carbocycles. The first-order valence-electron chi connectivity index (χ1n) is 14.8. The van der Waals surface area contributed by atoms with Gasteiger partial charge in [-0.3, -0.25) is 9.59 Å². The Labute approximate surface area is 255 Å². The molecule has 0 aromatic heterocycles. The number of ether oxygens (including phenoxy) is 1. The molecule has 0 spiro atoms. The maximum Gasteiger partial charge on any atom is 0.333 e. The number of anilines is 2. The summed E-state index contributed by atoms with van der Waals surface area (Å²) in [5.41, 5.74) is 5.71. The molecule has 4 rings (SSSR count). The van der Waals surface area contributed by atoms with Crippen LogP contribution in [0.1, 0.15) is 78.4 Å². The molecular weight excluding hydrogens is 538 g/mol. The quantitative estimate of drug-likeness (QED) is 0.136. The molecule has 1 atom stereocenters. The van der Waals surface area contributed by atoms with Crippen molar-refractivity contribution in [3.8, 4) is 0 Å². The Bertz CT molecular complexity index is 1470. The third-order valence-corrected chi connectivity index (χ3v) is 7.70. The summed E-state index contributed by atoms with van der Waals surface area (Å²) in [6.07, 6.45) is 4.30. The molecule has 7 nitrogen and oxygen atoms in total. The topological polar surface area (TPSA) is 88.9 Å². The van der Waals surface area contributed by atoms with Gasteiger partial charge in [0, 0.05) is 35.1 Å². The van der Waals surface area contributed by atoms with E-state index in [1.807, 2.05) is 52.0 Å². The Kier molecular flexibility index (Phi) is 10.9. The van der Waals surface area contributed by atoms with Gasteiger partial charge >= 0.3 is 5.97 Å². The number of cyclic esters (lactones) is 1. The monoisotopic (exact) mass is 581 g/mol. The fraction of sp³-hybridized carbons (Fsp3) is 0.389. The molecule has 2 aromatic carbocycles. The Balaban J connectivity index is 0.000000236. The lowest BCUT2D eigenvalue weighted by atomic mass is 9.87. The van der Waals surface area contributed by atoms with Gasteiger partial charge in [0.05, 0.1) is 5.70 Å². The lowest BCUT2D eigenvalue weighted by Gasteiger charge is -2.30. The summed E-state index contributed by atoms with van der Waals surface area (Å²) in [5, 5.41) is 6.52. The highest BCUT2D eigenvalue weighted by atomic mass is 16.6. The summed E-state index contributed by atoms with van der Waals surface area (Å²) in [5.74, 6) is -0.156. The number of hydrogen-bond donors (Lipinski definition) is 2. The first kappa shape index (κ1) is 33.1. The van der Waals surface area contributed by atoms with Gasteiger partial charge in [0.15, 0.2) is 0 Å². The van der Waals surface area contributed by atoms with Gasteiger partial charge < -0.3 is 20.2 Å². The molecule has 0 saturated carbocycles. The number of nitrogens with one attached hydrogen (secondary N) is 2. The number of allylic oxidation sites excluding steroid dienone is 3. The van der Waals surface area contributed by atoms with E-state index in [4.69, 9.17) is 11.3 Å². The zero-order valence-corrected chi connectivity index (χ0v) is 26.4. The van der Waals surface area contributed by atoms with Crippen LogP contribution in [0.5, 0.6) is 0 Å². The minimum atomic E-state index is -0.879. The van der Waals surface area contributed by atoms with Gasteiger partial charge in [0.2, 0.25) is 17.2 Å². The Morgan fingerprint density at radius 2 is 1.19 bits per heavy atom. The maximum absolute atomic E-state index is 11.7. The van der Waals surface area contributed by atoms with Gasteiger partial charge in [-0.2, -0.15) is 0 Å². The van der Waals surface area contributed by atoms with Gasteiger partial charge in [-0.25, -0.2) is 11.4 Å². The number of nitrogens with zero attached hydrogens (tertiary/aromatic N) is 1. The molecule has 43 heavy (non-hydrogen) atoms.